The molecule has 1 atom stereocenters. The van der Waals surface area contributed by atoms with Crippen molar-refractivity contribution in [2.75, 3.05) is 13.7 Å². The maximum absolute atomic E-state index is 13.6. The SMILES string of the molecule is COc1ccc(CC(=O)NCC(C)c2ccccc2)cc1F. The van der Waals surface area contributed by atoms with E-state index in [1.54, 1.807) is 6.07 Å². The lowest BCUT2D eigenvalue weighted by Crippen LogP contribution is -2.28. The molecule has 2 aromatic rings. The highest BCUT2D eigenvalue weighted by Crippen LogP contribution is 2.18. The molecule has 116 valence electrons. The zero-order valence-electron chi connectivity index (χ0n) is 12.8. The maximum atomic E-state index is 13.6. The van der Waals surface area contributed by atoms with Crippen molar-refractivity contribution in [1.82, 2.24) is 5.32 Å². The number of methoxy groups -OCH3 is 1. The van der Waals surface area contributed by atoms with Gasteiger partial charge in [0.15, 0.2) is 11.6 Å². The molecule has 0 spiro atoms. The first-order chi connectivity index (χ1) is 10.6. The van der Waals surface area contributed by atoms with E-state index in [-0.39, 0.29) is 24.0 Å². The Hall–Kier alpha value is -2.36. The minimum Gasteiger partial charge on any atom is -0.494 e. The van der Waals surface area contributed by atoms with Crippen molar-refractivity contribution in [2.24, 2.45) is 0 Å². The second-order valence-corrected chi connectivity index (χ2v) is 5.26. The molecule has 2 aromatic carbocycles. The summed E-state index contributed by atoms with van der Waals surface area (Å²) in [5, 5.41) is 2.88. The number of nitrogens with one attached hydrogen (secondary N) is 1. The summed E-state index contributed by atoms with van der Waals surface area (Å²) in [5.41, 5.74) is 1.81. The molecule has 0 bridgehead atoms. The summed E-state index contributed by atoms with van der Waals surface area (Å²) in [6.07, 6.45) is 0.155. The summed E-state index contributed by atoms with van der Waals surface area (Å²) in [6, 6.07) is 14.6. The molecular weight excluding hydrogens is 281 g/mol. The van der Waals surface area contributed by atoms with Crippen molar-refractivity contribution in [3.63, 3.8) is 0 Å². The van der Waals surface area contributed by atoms with Crippen LogP contribution < -0.4 is 10.1 Å². The first kappa shape index (κ1) is 16.0. The highest BCUT2D eigenvalue weighted by atomic mass is 19.1. The van der Waals surface area contributed by atoms with E-state index in [1.807, 2.05) is 30.3 Å². The monoisotopic (exact) mass is 301 g/mol. The van der Waals surface area contributed by atoms with E-state index in [2.05, 4.69) is 12.2 Å². The largest absolute Gasteiger partial charge is 0.494 e. The van der Waals surface area contributed by atoms with E-state index >= 15 is 0 Å². The van der Waals surface area contributed by atoms with Crippen LogP contribution in [0.25, 0.3) is 0 Å². The Morgan fingerprint density at radius 1 is 1.23 bits per heavy atom. The minimum atomic E-state index is -0.453. The predicted octanol–water partition coefficient (Wildman–Crippen LogP) is 3.30. The van der Waals surface area contributed by atoms with Crippen LogP contribution in [-0.2, 0) is 11.2 Å². The van der Waals surface area contributed by atoms with Crippen LogP contribution in [-0.4, -0.2) is 19.6 Å². The molecular formula is C18H20FNO2. The lowest BCUT2D eigenvalue weighted by Gasteiger charge is -2.13. The molecule has 0 aromatic heterocycles. The Labute approximate surface area is 130 Å². The molecule has 0 heterocycles. The summed E-state index contributed by atoms with van der Waals surface area (Å²) in [7, 11) is 1.41. The van der Waals surface area contributed by atoms with Gasteiger partial charge in [0.05, 0.1) is 13.5 Å². The number of hydrogen-bond donors (Lipinski definition) is 1. The molecule has 1 N–H and O–H groups in total. The Morgan fingerprint density at radius 3 is 2.59 bits per heavy atom. The van der Waals surface area contributed by atoms with E-state index in [1.165, 1.54) is 24.8 Å². The van der Waals surface area contributed by atoms with Gasteiger partial charge in [-0.25, -0.2) is 4.39 Å². The highest BCUT2D eigenvalue weighted by Gasteiger charge is 2.10. The first-order valence-corrected chi connectivity index (χ1v) is 7.24. The third-order valence-corrected chi connectivity index (χ3v) is 3.55. The summed E-state index contributed by atoms with van der Waals surface area (Å²) in [5.74, 6) is -0.155. The Morgan fingerprint density at radius 2 is 1.95 bits per heavy atom. The number of carbonyl (C=O) groups excluding carboxylic acids is 1. The number of carbonyl (C=O) groups is 1. The summed E-state index contributed by atoms with van der Waals surface area (Å²) in [4.78, 5) is 11.9. The Kier molecular flexibility index (Phi) is 5.53. The molecule has 22 heavy (non-hydrogen) atoms. The Bertz CT molecular complexity index is 628. The third kappa shape index (κ3) is 4.32. The topological polar surface area (TPSA) is 38.3 Å². The molecule has 0 saturated heterocycles. The number of ether oxygens (including phenoxy) is 1. The van der Waals surface area contributed by atoms with Gasteiger partial charge in [0.2, 0.25) is 5.91 Å². The second-order valence-electron chi connectivity index (χ2n) is 5.26. The van der Waals surface area contributed by atoms with Gasteiger partial charge in [-0.05, 0) is 29.2 Å². The summed E-state index contributed by atoms with van der Waals surface area (Å²) >= 11 is 0. The quantitative estimate of drug-likeness (QED) is 0.889. The Balaban J connectivity index is 1.87. The molecule has 1 amide bonds. The van der Waals surface area contributed by atoms with Gasteiger partial charge >= 0.3 is 0 Å². The molecule has 0 aliphatic heterocycles. The van der Waals surface area contributed by atoms with E-state index in [0.29, 0.717) is 12.1 Å². The molecule has 0 saturated carbocycles. The van der Waals surface area contributed by atoms with Crippen molar-refractivity contribution < 1.29 is 13.9 Å². The van der Waals surface area contributed by atoms with Gasteiger partial charge in [-0.3, -0.25) is 4.79 Å². The van der Waals surface area contributed by atoms with Crippen LogP contribution in [0.5, 0.6) is 5.75 Å². The fourth-order valence-corrected chi connectivity index (χ4v) is 2.23. The van der Waals surface area contributed by atoms with Crippen LogP contribution in [0.4, 0.5) is 4.39 Å². The van der Waals surface area contributed by atoms with Gasteiger partial charge < -0.3 is 10.1 Å². The standard InChI is InChI=1S/C18H20FNO2/c1-13(15-6-4-3-5-7-15)12-20-18(21)11-14-8-9-17(22-2)16(19)10-14/h3-10,13H,11-12H2,1-2H3,(H,20,21). The first-order valence-electron chi connectivity index (χ1n) is 7.24. The molecule has 0 fully saturated rings. The van der Waals surface area contributed by atoms with Gasteiger partial charge in [0.25, 0.3) is 0 Å². The lowest BCUT2D eigenvalue weighted by atomic mass is 10.0. The van der Waals surface area contributed by atoms with E-state index in [4.69, 9.17) is 4.74 Å². The predicted molar refractivity (Wildman–Crippen MR) is 84.5 cm³/mol. The number of hydrogen-bond acceptors (Lipinski definition) is 2. The van der Waals surface area contributed by atoms with Crippen molar-refractivity contribution in [3.05, 3.63) is 65.5 Å². The zero-order chi connectivity index (χ0) is 15.9. The highest BCUT2D eigenvalue weighted by molar-refractivity contribution is 5.78. The van der Waals surface area contributed by atoms with E-state index in [9.17, 15) is 9.18 Å². The average molecular weight is 301 g/mol. The number of amides is 1. The van der Waals surface area contributed by atoms with Gasteiger partial charge in [0.1, 0.15) is 0 Å². The van der Waals surface area contributed by atoms with Crippen LogP contribution in [0.15, 0.2) is 48.5 Å². The van der Waals surface area contributed by atoms with Crippen LogP contribution >= 0.6 is 0 Å². The number of halogens is 1. The van der Waals surface area contributed by atoms with E-state index < -0.39 is 5.82 Å². The molecule has 2 rings (SSSR count). The fourth-order valence-electron chi connectivity index (χ4n) is 2.23. The molecule has 0 aliphatic carbocycles. The maximum Gasteiger partial charge on any atom is 0.224 e. The third-order valence-electron chi connectivity index (χ3n) is 3.55. The van der Waals surface area contributed by atoms with Gasteiger partial charge in [0, 0.05) is 6.54 Å². The van der Waals surface area contributed by atoms with Crippen molar-refractivity contribution >= 4 is 5.91 Å². The van der Waals surface area contributed by atoms with Gasteiger partial charge in [-0.15, -0.1) is 0 Å². The van der Waals surface area contributed by atoms with Crippen LogP contribution in [0.2, 0.25) is 0 Å². The molecule has 3 nitrogen and oxygen atoms in total. The van der Waals surface area contributed by atoms with Crippen molar-refractivity contribution in [3.8, 4) is 5.75 Å². The number of benzene rings is 2. The van der Waals surface area contributed by atoms with Gasteiger partial charge in [-0.2, -0.15) is 0 Å². The van der Waals surface area contributed by atoms with Crippen LogP contribution in [0, 0.1) is 5.82 Å². The van der Waals surface area contributed by atoms with Crippen LogP contribution in [0.3, 0.4) is 0 Å². The molecule has 0 aliphatic rings. The van der Waals surface area contributed by atoms with Crippen LogP contribution in [0.1, 0.15) is 24.0 Å². The summed E-state index contributed by atoms with van der Waals surface area (Å²) < 4.78 is 18.4. The lowest BCUT2D eigenvalue weighted by molar-refractivity contribution is -0.120. The van der Waals surface area contributed by atoms with Gasteiger partial charge in [-0.1, -0.05) is 43.3 Å². The minimum absolute atomic E-state index is 0.118. The summed E-state index contributed by atoms with van der Waals surface area (Å²) in [6.45, 7) is 2.62. The fraction of sp³-hybridized carbons (Fsp3) is 0.278. The normalized spacial score (nSPS) is 11.8. The molecule has 0 radical (unpaired) electrons. The zero-order valence-corrected chi connectivity index (χ0v) is 12.8. The van der Waals surface area contributed by atoms with Crippen molar-refractivity contribution in [2.45, 2.75) is 19.3 Å². The molecule has 4 heteroatoms. The van der Waals surface area contributed by atoms with Crippen molar-refractivity contribution in [1.29, 1.82) is 0 Å². The number of rotatable bonds is 6. The molecule has 1 unspecified atom stereocenters. The second kappa shape index (κ2) is 7.59. The van der Waals surface area contributed by atoms with E-state index in [0.717, 1.165) is 0 Å². The average Bonchev–Trinajstić information content (AvgIpc) is 2.53. The smallest absolute Gasteiger partial charge is 0.224 e.